The lowest BCUT2D eigenvalue weighted by Crippen LogP contribution is -2.52. The van der Waals surface area contributed by atoms with Gasteiger partial charge in [-0.05, 0) is 6.42 Å². The van der Waals surface area contributed by atoms with Crippen LogP contribution in [0.2, 0.25) is 0 Å². The number of hydrogen-bond donors (Lipinski definition) is 1. The highest BCUT2D eigenvalue weighted by molar-refractivity contribution is 4.79. The van der Waals surface area contributed by atoms with Crippen LogP contribution in [0.25, 0.3) is 0 Å². The second-order valence-electron chi connectivity index (χ2n) is 3.53. The van der Waals surface area contributed by atoms with Gasteiger partial charge in [-0.3, -0.25) is 4.90 Å². The second kappa shape index (κ2) is 5.50. The van der Waals surface area contributed by atoms with Crippen LogP contribution < -0.4 is 5.32 Å². The molecule has 1 rings (SSSR count). The molecule has 0 spiro atoms. The van der Waals surface area contributed by atoms with Gasteiger partial charge in [0, 0.05) is 25.7 Å². The third-order valence-corrected chi connectivity index (χ3v) is 2.47. The predicted molar refractivity (Wildman–Crippen MR) is 49.1 cm³/mol. The van der Waals surface area contributed by atoms with Crippen LogP contribution in [-0.2, 0) is 0 Å². The molecule has 1 fully saturated rings. The maximum atomic E-state index is 12.2. The number of hydrogen-bond acceptors (Lipinski definition) is 2. The Morgan fingerprint density at radius 1 is 1.54 bits per heavy atom. The van der Waals surface area contributed by atoms with E-state index in [1.807, 2.05) is 4.90 Å². The zero-order valence-electron chi connectivity index (χ0n) is 8.10. The van der Waals surface area contributed by atoms with E-state index in [0.29, 0.717) is 6.04 Å². The molecule has 1 N–H and O–H groups in total. The lowest BCUT2D eigenvalue weighted by atomic mass is 10.1. The van der Waals surface area contributed by atoms with Gasteiger partial charge in [0.15, 0.2) is 0 Å². The molecule has 0 radical (unpaired) electrons. The van der Waals surface area contributed by atoms with E-state index in [1.165, 1.54) is 0 Å². The average Bonchev–Trinajstić information content (AvgIpc) is 2.08. The Morgan fingerprint density at radius 2 is 2.31 bits per heavy atom. The van der Waals surface area contributed by atoms with Gasteiger partial charge in [0.05, 0.1) is 6.54 Å². The Balaban J connectivity index is 2.36. The second-order valence-corrected chi connectivity index (χ2v) is 3.53. The minimum Gasteiger partial charge on any atom is -0.314 e. The van der Waals surface area contributed by atoms with Crippen molar-refractivity contribution in [2.75, 3.05) is 26.2 Å². The molecule has 2 nitrogen and oxygen atoms in total. The number of piperazine rings is 1. The fourth-order valence-electron chi connectivity index (χ4n) is 1.84. The van der Waals surface area contributed by atoms with Crippen molar-refractivity contribution >= 4 is 0 Å². The molecule has 1 saturated heterocycles. The topological polar surface area (TPSA) is 15.3 Å². The summed E-state index contributed by atoms with van der Waals surface area (Å²) in [6.07, 6.45) is -0.122. The highest BCUT2D eigenvalue weighted by Crippen LogP contribution is 2.11. The number of rotatable bonds is 4. The highest BCUT2D eigenvalue weighted by Gasteiger charge is 2.23. The molecule has 0 amide bonds. The Hall–Kier alpha value is -0.220. The molecule has 4 heteroatoms. The SMILES string of the molecule is CCCC1CNCCN1CC(F)F. The van der Waals surface area contributed by atoms with E-state index in [2.05, 4.69) is 12.2 Å². The summed E-state index contributed by atoms with van der Waals surface area (Å²) in [6, 6.07) is 0.313. The van der Waals surface area contributed by atoms with Crippen molar-refractivity contribution in [3.63, 3.8) is 0 Å². The molecule has 13 heavy (non-hydrogen) atoms. The minimum atomic E-state index is -2.20. The predicted octanol–water partition coefficient (Wildman–Crippen LogP) is 1.33. The van der Waals surface area contributed by atoms with E-state index in [-0.39, 0.29) is 6.54 Å². The molecule has 0 aromatic carbocycles. The van der Waals surface area contributed by atoms with Gasteiger partial charge in [0.1, 0.15) is 0 Å². The van der Waals surface area contributed by atoms with E-state index in [0.717, 1.165) is 32.5 Å². The van der Waals surface area contributed by atoms with Gasteiger partial charge >= 0.3 is 0 Å². The summed E-state index contributed by atoms with van der Waals surface area (Å²) in [7, 11) is 0. The summed E-state index contributed by atoms with van der Waals surface area (Å²) in [5.74, 6) is 0. The molecular weight excluding hydrogens is 174 g/mol. The Kier molecular flexibility index (Phi) is 4.59. The third-order valence-electron chi connectivity index (χ3n) is 2.47. The van der Waals surface area contributed by atoms with Crippen molar-refractivity contribution in [1.82, 2.24) is 10.2 Å². The van der Waals surface area contributed by atoms with E-state index in [9.17, 15) is 8.78 Å². The molecule has 0 aliphatic carbocycles. The summed E-state index contributed by atoms with van der Waals surface area (Å²) < 4.78 is 24.3. The molecular formula is C9H18F2N2. The maximum Gasteiger partial charge on any atom is 0.251 e. The Morgan fingerprint density at radius 3 is 2.92 bits per heavy atom. The zero-order valence-corrected chi connectivity index (χ0v) is 8.10. The summed E-state index contributed by atoms with van der Waals surface area (Å²) in [5.41, 5.74) is 0. The third kappa shape index (κ3) is 3.56. The molecule has 1 unspecified atom stereocenters. The van der Waals surface area contributed by atoms with Crippen LogP contribution >= 0.6 is 0 Å². The number of halogens is 2. The van der Waals surface area contributed by atoms with Gasteiger partial charge in [-0.25, -0.2) is 8.78 Å². The normalized spacial score (nSPS) is 25.4. The van der Waals surface area contributed by atoms with Gasteiger partial charge in [0.25, 0.3) is 6.43 Å². The maximum absolute atomic E-state index is 12.2. The Bertz CT molecular complexity index is 140. The molecule has 1 heterocycles. The monoisotopic (exact) mass is 192 g/mol. The largest absolute Gasteiger partial charge is 0.314 e. The van der Waals surface area contributed by atoms with Crippen molar-refractivity contribution in [2.24, 2.45) is 0 Å². The van der Waals surface area contributed by atoms with Crippen molar-refractivity contribution in [3.8, 4) is 0 Å². The summed E-state index contributed by atoms with van der Waals surface area (Å²) in [5, 5.41) is 3.24. The van der Waals surface area contributed by atoms with Crippen molar-refractivity contribution in [2.45, 2.75) is 32.2 Å². The van der Waals surface area contributed by atoms with Crippen molar-refractivity contribution < 1.29 is 8.78 Å². The first kappa shape index (κ1) is 10.9. The first-order valence-electron chi connectivity index (χ1n) is 4.97. The first-order chi connectivity index (χ1) is 6.24. The summed E-state index contributed by atoms with van der Waals surface area (Å²) >= 11 is 0. The number of alkyl halides is 2. The van der Waals surface area contributed by atoms with Crippen LogP contribution in [-0.4, -0.2) is 43.5 Å². The van der Waals surface area contributed by atoms with Crippen LogP contribution in [0.3, 0.4) is 0 Å². The van der Waals surface area contributed by atoms with E-state index in [1.54, 1.807) is 0 Å². The average molecular weight is 192 g/mol. The van der Waals surface area contributed by atoms with Crippen LogP contribution in [0, 0.1) is 0 Å². The van der Waals surface area contributed by atoms with E-state index in [4.69, 9.17) is 0 Å². The molecule has 0 aromatic heterocycles. The van der Waals surface area contributed by atoms with E-state index >= 15 is 0 Å². The van der Waals surface area contributed by atoms with Crippen LogP contribution in [0.15, 0.2) is 0 Å². The molecule has 0 aromatic rings. The lowest BCUT2D eigenvalue weighted by molar-refractivity contribution is 0.0521. The van der Waals surface area contributed by atoms with Crippen molar-refractivity contribution in [3.05, 3.63) is 0 Å². The van der Waals surface area contributed by atoms with Gasteiger partial charge in [0.2, 0.25) is 0 Å². The van der Waals surface area contributed by atoms with Gasteiger partial charge in [-0.2, -0.15) is 0 Å². The number of nitrogens with one attached hydrogen (secondary N) is 1. The van der Waals surface area contributed by atoms with Crippen LogP contribution in [0.4, 0.5) is 8.78 Å². The first-order valence-corrected chi connectivity index (χ1v) is 4.97. The van der Waals surface area contributed by atoms with Gasteiger partial charge < -0.3 is 5.32 Å². The Labute approximate surface area is 78.3 Å². The molecule has 0 bridgehead atoms. The lowest BCUT2D eigenvalue weighted by Gasteiger charge is -2.35. The van der Waals surface area contributed by atoms with Crippen LogP contribution in [0.5, 0.6) is 0 Å². The standard InChI is InChI=1S/C9H18F2N2/c1-2-3-8-6-12-4-5-13(8)7-9(10)11/h8-9,12H,2-7H2,1H3. The molecule has 1 aliphatic rings. The quantitative estimate of drug-likeness (QED) is 0.722. The zero-order chi connectivity index (χ0) is 9.68. The van der Waals surface area contributed by atoms with Gasteiger partial charge in [-0.1, -0.05) is 13.3 Å². The smallest absolute Gasteiger partial charge is 0.251 e. The van der Waals surface area contributed by atoms with E-state index < -0.39 is 6.43 Å². The highest BCUT2D eigenvalue weighted by atomic mass is 19.3. The molecule has 78 valence electrons. The molecule has 0 saturated carbocycles. The molecule has 1 aliphatic heterocycles. The minimum absolute atomic E-state index is 0.0631. The fourth-order valence-corrected chi connectivity index (χ4v) is 1.84. The van der Waals surface area contributed by atoms with Crippen molar-refractivity contribution in [1.29, 1.82) is 0 Å². The fraction of sp³-hybridized carbons (Fsp3) is 1.00. The van der Waals surface area contributed by atoms with Gasteiger partial charge in [-0.15, -0.1) is 0 Å². The van der Waals surface area contributed by atoms with Crippen LogP contribution in [0.1, 0.15) is 19.8 Å². The summed E-state index contributed by atoms with van der Waals surface area (Å²) in [4.78, 5) is 1.91. The summed E-state index contributed by atoms with van der Waals surface area (Å²) in [6.45, 7) is 4.49. The molecule has 1 atom stereocenters. The number of nitrogens with zero attached hydrogens (tertiary/aromatic N) is 1.